The van der Waals surface area contributed by atoms with Crippen LogP contribution in [0.1, 0.15) is 11.4 Å². The molecule has 506 valence electrons. The molecule has 0 fully saturated rings. The van der Waals surface area contributed by atoms with Crippen molar-refractivity contribution in [2.24, 2.45) is 0 Å². The number of benzene rings is 16. The molecular formula is C104H70N4. The SMILES string of the molecule is Cc1c2c3c(cccc3n1-c1cccc(-c3ccccc3)c1)-c1ccccc1-c1ccccc1-2.Cc1c2c3c(cccc3n1-c1ccccc1)-c1ccccc1-c1ccccc1-2.c1ccc2c(c1)-c1ccccc1-c1cn(-c3ccc(-c4ccc(-n5c6ccccc6c6ccccc65)cc4)cc3)c3cccc-2c13. The van der Waals surface area contributed by atoms with Gasteiger partial charge in [0, 0.05) is 84.0 Å². The van der Waals surface area contributed by atoms with Crippen molar-refractivity contribution in [3.05, 3.63) is 400 Å². The molecule has 4 nitrogen and oxygen atoms in total. The van der Waals surface area contributed by atoms with E-state index in [-0.39, 0.29) is 0 Å². The van der Waals surface area contributed by atoms with Gasteiger partial charge < -0.3 is 18.3 Å². The highest BCUT2D eigenvalue weighted by Crippen LogP contribution is 2.54. The molecule has 0 aliphatic heterocycles. The number of hydrogen-bond acceptors (Lipinski definition) is 0. The molecule has 4 aromatic heterocycles. The van der Waals surface area contributed by atoms with E-state index in [1.807, 2.05) is 0 Å². The Morgan fingerprint density at radius 1 is 0.176 bits per heavy atom. The molecule has 108 heavy (non-hydrogen) atoms. The Labute approximate surface area is 627 Å². The van der Waals surface area contributed by atoms with Gasteiger partial charge in [-0.1, -0.05) is 303 Å². The largest absolute Gasteiger partial charge is 0.316 e. The van der Waals surface area contributed by atoms with Gasteiger partial charge in [-0.15, -0.1) is 0 Å². The summed E-state index contributed by atoms with van der Waals surface area (Å²) in [6.45, 7) is 4.51. The standard InChI is InChI=1S/C44H28N2.C33H23N.C27H19N/c1-3-12-35-33(10-1)34-11-2-4-13-36(34)40-28-45(43-19-9-16-39(35)44(40)43)31-24-20-29(21-25-31)30-22-26-32(27-23-30)46-41-17-7-5-14-37(41)38-15-6-8-18-42(38)46;1-22-32-29-18-8-7-16-27(29)26-15-5-6-17-28(26)30-19-10-20-31(33(30)32)34(22)25-14-9-13-24(21-25)23-11-3-2-4-12-23;1-18-26-23-15-8-7-13-21(23)20-12-5-6-14-22(20)24-16-9-17-25(27(24)26)28(18)19-10-3-2-4-11-19/h1-28H;2-21H,1H3;2-17H,1H3. The van der Waals surface area contributed by atoms with Crippen molar-refractivity contribution in [2.45, 2.75) is 13.8 Å². The fraction of sp³-hybridized carbons (Fsp3) is 0.0192. The van der Waals surface area contributed by atoms with Crippen molar-refractivity contribution >= 4 is 54.5 Å². The van der Waals surface area contributed by atoms with E-state index in [0.29, 0.717) is 0 Å². The highest BCUT2D eigenvalue weighted by molar-refractivity contribution is 6.18. The Morgan fingerprint density at radius 3 is 0.944 bits per heavy atom. The topological polar surface area (TPSA) is 19.7 Å². The molecule has 16 aromatic carbocycles. The zero-order valence-corrected chi connectivity index (χ0v) is 59.7. The van der Waals surface area contributed by atoms with E-state index in [4.69, 9.17) is 0 Å². The van der Waals surface area contributed by atoms with Gasteiger partial charge in [-0.05, 0) is 198 Å². The van der Waals surface area contributed by atoms with Gasteiger partial charge in [0.2, 0.25) is 0 Å². The predicted molar refractivity (Wildman–Crippen MR) is 454 cm³/mol. The molecule has 0 radical (unpaired) electrons. The Kier molecular flexibility index (Phi) is 14.7. The van der Waals surface area contributed by atoms with E-state index in [9.17, 15) is 0 Å². The molecule has 0 bridgehead atoms. The summed E-state index contributed by atoms with van der Waals surface area (Å²) in [4.78, 5) is 0. The van der Waals surface area contributed by atoms with Gasteiger partial charge in [0.15, 0.2) is 0 Å². The van der Waals surface area contributed by atoms with Crippen LogP contribution in [0.5, 0.6) is 0 Å². The van der Waals surface area contributed by atoms with Crippen molar-refractivity contribution < 1.29 is 0 Å². The van der Waals surface area contributed by atoms with Crippen LogP contribution in [-0.4, -0.2) is 18.3 Å². The molecule has 3 aliphatic rings. The van der Waals surface area contributed by atoms with Gasteiger partial charge in [0.25, 0.3) is 0 Å². The van der Waals surface area contributed by atoms with E-state index in [1.54, 1.807) is 0 Å². The smallest absolute Gasteiger partial charge is 0.0544 e. The Hall–Kier alpha value is -14.1. The number of hydrogen-bond donors (Lipinski definition) is 0. The number of nitrogens with zero attached hydrogens (tertiary/aromatic N) is 4. The lowest BCUT2D eigenvalue weighted by molar-refractivity contribution is 1.06. The van der Waals surface area contributed by atoms with E-state index in [1.165, 1.54) is 205 Å². The maximum absolute atomic E-state index is 2.44. The quantitative estimate of drug-likeness (QED) is 0.158. The van der Waals surface area contributed by atoms with E-state index in [2.05, 4.69) is 420 Å². The second-order valence-corrected chi connectivity index (χ2v) is 28.6. The molecule has 0 saturated heterocycles. The van der Waals surface area contributed by atoms with Crippen LogP contribution in [0.2, 0.25) is 0 Å². The number of rotatable bonds is 6. The van der Waals surface area contributed by atoms with Crippen LogP contribution in [0.25, 0.3) is 200 Å². The van der Waals surface area contributed by atoms with Crippen molar-refractivity contribution in [3.8, 4) is 145 Å². The number of aromatic nitrogens is 4. The van der Waals surface area contributed by atoms with Crippen LogP contribution in [-0.2, 0) is 0 Å². The molecule has 0 saturated carbocycles. The van der Waals surface area contributed by atoms with Crippen molar-refractivity contribution in [2.75, 3.05) is 0 Å². The third-order valence-electron chi connectivity index (χ3n) is 22.8. The molecule has 20 aromatic rings. The first kappa shape index (κ1) is 62.5. The summed E-state index contributed by atoms with van der Waals surface area (Å²) in [6.07, 6.45) is 2.33. The molecule has 0 unspecified atom stereocenters. The van der Waals surface area contributed by atoms with Crippen molar-refractivity contribution in [3.63, 3.8) is 0 Å². The first-order valence-corrected chi connectivity index (χ1v) is 37.4. The average Bonchev–Trinajstić information content (AvgIpc) is 1.58. The highest BCUT2D eigenvalue weighted by atomic mass is 15.0. The first-order chi connectivity index (χ1) is 53.5. The molecular weight excluding hydrogens is 1310 g/mol. The summed E-state index contributed by atoms with van der Waals surface area (Å²) in [5.74, 6) is 0. The lowest BCUT2D eigenvalue weighted by Gasteiger charge is -2.14. The fourth-order valence-corrected chi connectivity index (χ4v) is 18.2. The van der Waals surface area contributed by atoms with Gasteiger partial charge >= 0.3 is 0 Å². The number of fused-ring (bicyclic) bond motifs is 18. The minimum atomic E-state index is 1.16. The summed E-state index contributed by atoms with van der Waals surface area (Å²) >= 11 is 0. The van der Waals surface area contributed by atoms with Crippen LogP contribution in [0, 0.1) is 13.8 Å². The zero-order valence-electron chi connectivity index (χ0n) is 59.7. The molecule has 0 atom stereocenters. The first-order valence-electron chi connectivity index (χ1n) is 37.4. The summed E-state index contributed by atoms with van der Waals surface area (Å²) in [6, 6.07) is 139. The van der Waals surface area contributed by atoms with E-state index < -0.39 is 0 Å². The number of para-hydroxylation sites is 3. The van der Waals surface area contributed by atoms with Crippen LogP contribution in [0.3, 0.4) is 0 Å². The monoisotopic (exact) mass is 1370 g/mol. The van der Waals surface area contributed by atoms with Gasteiger partial charge in [-0.25, -0.2) is 0 Å². The molecule has 0 amide bonds. The third kappa shape index (κ3) is 9.84. The normalized spacial score (nSPS) is 11.8. The fourth-order valence-electron chi connectivity index (χ4n) is 18.2. The maximum atomic E-state index is 2.44. The average molecular weight is 1380 g/mol. The van der Waals surface area contributed by atoms with E-state index >= 15 is 0 Å². The van der Waals surface area contributed by atoms with Gasteiger partial charge in [-0.2, -0.15) is 0 Å². The van der Waals surface area contributed by atoms with E-state index in [0.717, 1.165) is 5.69 Å². The second-order valence-electron chi connectivity index (χ2n) is 28.6. The van der Waals surface area contributed by atoms with Crippen LogP contribution >= 0.6 is 0 Å². The summed E-state index contributed by atoms with van der Waals surface area (Å²) in [5.41, 5.74) is 41.8. The summed E-state index contributed by atoms with van der Waals surface area (Å²) < 4.78 is 9.56. The minimum Gasteiger partial charge on any atom is -0.316 e. The lowest BCUT2D eigenvalue weighted by Crippen LogP contribution is -1.98. The molecule has 3 aliphatic carbocycles. The third-order valence-corrected chi connectivity index (χ3v) is 22.8. The molecule has 4 heteroatoms. The highest BCUT2D eigenvalue weighted by Gasteiger charge is 2.30. The van der Waals surface area contributed by atoms with Crippen molar-refractivity contribution in [1.82, 2.24) is 18.3 Å². The Morgan fingerprint density at radius 2 is 0.472 bits per heavy atom. The second kappa shape index (κ2) is 25.4. The predicted octanol–water partition coefficient (Wildman–Crippen LogP) is 27.9. The van der Waals surface area contributed by atoms with Gasteiger partial charge in [-0.3, -0.25) is 0 Å². The summed E-state index contributed by atoms with van der Waals surface area (Å²) in [5, 5.41) is 6.56. The molecule has 4 heterocycles. The van der Waals surface area contributed by atoms with Gasteiger partial charge in [0.1, 0.15) is 0 Å². The maximum Gasteiger partial charge on any atom is 0.0544 e. The Bertz CT molecular complexity index is 6920. The van der Waals surface area contributed by atoms with Crippen molar-refractivity contribution in [1.29, 1.82) is 0 Å². The minimum absolute atomic E-state index is 1.16. The van der Waals surface area contributed by atoms with Crippen LogP contribution in [0.4, 0.5) is 0 Å². The molecule has 23 rings (SSSR count). The van der Waals surface area contributed by atoms with Gasteiger partial charge in [0.05, 0.1) is 27.6 Å². The summed E-state index contributed by atoms with van der Waals surface area (Å²) in [7, 11) is 0. The zero-order chi connectivity index (χ0) is 71.5. The van der Waals surface area contributed by atoms with Crippen LogP contribution in [0.15, 0.2) is 388 Å². The molecule has 0 spiro atoms. The Balaban J connectivity index is 0.000000107. The molecule has 0 N–H and O–H groups in total. The van der Waals surface area contributed by atoms with Crippen LogP contribution < -0.4 is 0 Å². The lowest BCUT2D eigenvalue weighted by atomic mass is 9.94.